The summed E-state index contributed by atoms with van der Waals surface area (Å²) in [6, 6.07) is 35.9. The van der Waals surface area contributed by atoms with Gasteiger partial charge in [0.25, 0.3) is 5.91 Å². The van der Waals surface area contributed by atoms with Gasteiger partial charge in [0.15, 0.2) is 0 Å². The molecule has 13 nitrogen and oxygen atoms in total. The Labute approximate surface area is 376 Å². The maximum atomic E-state index is 14.9. The van der Waals surface area contributed by atoms with Crippen molar-refractivity contribution >= 4 is 57.9 Å². The van der Waals surface area contributed by atoms with E-state index < -0.39 is 41.2 Å². The average Bonchev–Trinajstić information content (AvgIpc) is 3.86. The first-order valence-corrected chi connectivity index (χ1v) is 20.8. The van der Waals surface area contributed by atoms with Gasteiger partial charge in [-0.15, -0.1) is 0 Å². The van der Waals surface area contributed by atoms with Gasteiger partial charge in [-0.25, -0.2) is 19.2 Å². The molecule has 0 aliphatic rings. The van der Waals surface area contributed by atoms with Gasteiger partial charge in [0, 0.05) is 34.3 Å². The van der Waals surface area contributed by atoms with Crippen molar-refractivity contribution in [3.05, 3.63) is 167 Å². The zero-order chi connectivity index (χ0) is 46.5. The third-order valence-corrected chi connectivity index (χ3v) is 9.91. The summed E-state index contributed by atoms with van der Waals surface area (Å²) < 4.78 is 31.2. The number of carbonyl (C=O) groups is 5. The lowest BCUT2D eigenvalue weighted by molar-refractivity contribution is -0.140. The van der Waals surface area contributed by atoms with Crippen molar-refractivity contribution in [1.82, 2.24) is 14.5 Å². The monoisotopic (exact) mass is 875 g/mol. The van der Waals surface area contributed by atoms with Crippen molar-refractivity contribution in [2.75, 3.05) is 7.11 Å². The van der Waals surface area contributed by atoms with Crippen molar-refractivity contribution in [1.29, 1.82) is 0 Å². The number of amides is 1. The first-order valence-electron chi connectivity index (χ1n) is 20.8. The van der Waals surface area contributed by atoms with Crippen LogP contribution in [0.1, 0.15) is 78.9 Å². The van der Waals surface area contributed by atoms with Crippen LogP contribution in [0.3, 0.4) is 0 Å². The lowest BCUT2D eigenvalue weighted by Gasteiger charge is -2.20. The van der Waals surface area contributed by atoms with Crippen LogP contribution in [0.25, 0.3) is 39.0 Å². The lowest BCUT2D eigenvalue weighted by Crippen LogP contribution is -2.34. The van der Waals surface area contributed by atoms with E-state index in [9.17, 15) is 24.0 Å². The molecule has 0 spiro atoms. The Bertz CT molecular complexity index is 2950. The number of para-hydroxylation sites is 2. The third kappa shape index (κ3) is 10.5. The number of benzene rings is 5. The fourth-order valence-electron chi connectivity index (χ4n) is 7.20. The Morgan fingerprint density at radius 3 is 1.91 bits per heavy atom. The number of methoxy groups -OCH3 is 1. The van der Waals surface area contributed by atoms with Crippen LogP contribution in [0, 0.1) is 0 Å². The Morgan fingerprint density at radius 1 is 0.631 bits per heavy atom. The van der Waals surface area contributed by atoms with Crippen molar-refractivity contribution in [3.8, 4) is 16.9 Å². The van der Waals surface area contributed by atoms with Gasteiger partial charge in [0.05, 0.1) is 29.3 Å². The van der Waals surface area contributed by atoms with Crippen LogP contribution in [0.2, 0.25) is 0 Å². The van der Waals surface area contributed by atoms with Gasteiger partial charge in [0.2, 0.25) is 0 Å². The molecule has 2 aromatic heterocycles. The molecule has 0 aliphatic heterocycles. The second kappa shape index (κ2) is 18.8. The second-order valence-corrected chi connectivity index (χ2v) is 17.1. The molecular weight excluding hydrogens is 827 g/mol. The average molecular weight is 876 g/mol. The summed E-state index contributed by atoms with van der Waals surface area (Å²) in [6.45, 7) is 10.4. The first kappa shape index (κ1) is 45.1. The normalized spacial score (nSPS) is 11.8. The molecule has 0 saturated carbocycles. The Morgan fingerprint density at radius 2 is 1.25 bits per heavy atom. The molecule has 0 fully saturated rings. The summed E-state index contributed by atoms with van der Waals surface area (Å²) in [5, 5.41) is 3.40. The van der Waals surface area contributed by atoms with Crippen LogP contribution in [0.5, 0.6) is 5.75 Å². The van der Waals surface area contributed by atoms with Crippen LogP contribution in [0.15, 0.2) is 139 Å². The number of hydrogen-bond donors (Lipinski definition) is 1. The number of ether oxygens (including phenoxy) is 5. The fourth-order valence-corrected chi connectivity index (χ4v) is 7.20. The third-order valence-electron chi connectivity index (χ3n) is 9.91. The molecule has 7 aromatic rings. The maximum Gasteiger partial charge on any atom is 0.419 e. The van der Waals surface area contributed by atoms with E-state index in [4.69, 9.17) is 23.7 Å². The number of carbonyl (C=O) groups excluding carboxylic acids is 5. The van der Waals surface area contributed by atoms with Crippen LogP contribution in [-0.4, -0.2) is 57.5 Å². The number of fused-ring (bicyclic) bond motifs is 2. The Balaban J connectivity index is 1.44. The molecule has 2 heterocycles. The molecule has 1 amide bonds. The van der Waals surface area contributed by atoms with Gasteiger partial charge in [-0.05, 0) is 82.5 Å². The number of alkyl carbamates (subject to hydrolysis) is 1. The standard InChI is InChI=1S/C52H49N3O10/c1-51(2,3)64-49(59)53-41(48(58)63-32-34-20-12-9-13-21-34)28-35-29-54(50(60)65-52(4,5)6)42-26-17-23-36(44(35)42)37-24-16-25-38-40(47(57)61-7)30-55(45(37)38)46(56)39-22-14-15-27-43(39)62-31-33-18-10-8-11-19-33/h8-30H,31-32H2,1-7H3,(H,53,59)/b41-28-. The summed E-state index contributed by atoms with van der Waals surface area (Å²) >= 11 is 0. The fraction of sp³-hybridized carbons (Fsp3) is 0.212. The van der Waals surface area contributed by atoms with Crippen molar-refractivity contribution < 1.29 is 47.7 Å². The number of hydrogen-bond acceptors (Lipinski definition) is 10. The predicted octanol–water partition coefficient (Wildman–Crippen LogP) is 10.7. The molecule has 0 saturated heterocycles. The number of nitrogens with one attached hydrogen (secondary N) is 1. The zero-order valence-electron chi connectivity index (χ0n) is 37.2. The minimum atomic E-state index is -0.916. The van der Waals surface area contributed by atoms with Gasteiger partial charge >= 0.3 is 24.1 Å². The van der Waals surface area contributed by atoms with E-state index in [1.54, 1.807) is 114 Å². The molecular formula is C52H49N3O10. The van der Waals surface area contributed by atoms with Gasteiger partial charge in [-0.3, -0.25) is 19.2 Å². The molecule has 0 atom stereocenters. The number of esters is 2. The summed E-state index contributed by atoms with van der Waals surface area (Å²) in [4.78, 5) is 69.6. The SMILES string of the molecule is COC(=O)c1cn(C(=O)c2ccccc2OCc2ccccc2)c2c(-c3cccc4c3c(/C=C(\NC(=O)OC(C)(C)C)C(=O)OCc3ccccc3)cn4C(=O)OC(C)(C)C)cccc12. The van der Waals surface area contributed by atoms with E-state index in [-0.39, 0.29) is 30.0 Å². The summed E-state index contributed by atoms with van der Waals surface area (Å²) in [7, 11) is 1.26. The number of nitrogens with zero attached hydrogens (tertiary/aromatic N) is 2. The zero-order valence-corrected chi connectivity index (χ0v) is 37.2. The molecule has 5 aromatic carbocycles. The summed E-state index contributed by atoms with van der Waals surface area (Å²) in [5.41, 5.74) is 1.87. The number of aromatic nitrogens is 2. The Hall–Kier alpha value is -7.93. The highest BCUT2D eigenvalue weighted by Gasteiger charge is 2.28. The molecule has 65 heavy (non-hydrogen) atoms. The van der Waals surface area contributed by atoms with E-state index >= 15 is 0 Å². The van der Waals surface area contributed by atoms with E-state index in [1.165, 1.54) is 34.7 Å². The Kier molecular flexibility index (Phi) is 13.1. The molecule has 0 aliphatic carbocycles. The summed E-state index contributed by atoms with van der Waals surface area (Å²) in [5.74, 6) is -1.72. The topological polar surface area (TPSA) is 153 Å². The van der Waals surface area contributed by atoms with Crippen molar-refractivity contribution in [2.45, 2.75) is 66.0 Å². The smallest absolute Gasteiger partial charge is 0.419 e. The van der Waals surface area contributed by atoms with Gasteiger partial charge < -0.3 is 23.7 Å². The minimum absolute atomic E-state index is 0.103. The first-order chi connectivity index (χ1) is 31.0. The van der Waals surface area contributed by atoms with Gasteiger partial charge in [-0.1, -0.05) is 103 Å². The highest BCUT2D eigenvalue weighted by atomic mass is 16.6. The second-order valence-electron chi connectivity index (χ2n) is 17.1. The van der Waals surface area contributed by atoms with E-state index in [0.29, 0.717) is 49.8 Å². The molecule has 13 heteroatoms. The minimum Gasteiger partial charge on any atom is -0.488 e. The van der Waals surface area contributed by atoms with E-state index in [0.717, 1.165) is 5.56 Å². The molecule has 7 rings (SSSR count). The van der Waals surface area contributed by atoms with E-state index in [2.05, 4.69) is 5.32 Å². The highest BCUT2D eigenvalue weighted by molar-refractivity contribution is 6.17. The lowest BCUT2D eigenvalue weighted by atomic mass is 9.96. The predicted molar refractivity (Wildman–Crippen MR) is 246 cm³/mol. The van der Waals surface area contributed by atoms with Crippen LogP contribution < -0.4 is 10.1 Å². The van der Waals surface area contributed by atoms with E-state index in [1.807, 2.05) is 48.5 Å². The molecule has 332 valence electrons. The quantitative estimate of drug-likeness (QED) is 0.0755. The molecule has 0 unspecified atom stereocenters. The van der Waals surface area contributed by atoms with Gasteiger partial charge in [0.1, 0.15) is 35.9 Å². The highest BCUT2D eigenvalue weighted by Crippen LogP contribution is 2.40. The molecule has 0 bridgehead atoms. The van der Waals surface area contributed by atoms with Gasteiger partial charge in [-0.2, -0.15) is 0 Å². The van der Waals surface area contributed by atoms with Crippen molar-refractivity contribution in [2.24, 2.45) is 0 Å². The van der Waals surface area contributed by atoms with Crippen LogP contribution in [0.4, 0.5) is 9.59 Å². The van der Waals surface area contributed by atoms with Crippen LogP contribution in [-0.2, 0) is 37.0 Å². The summed E-state index contributed by atoms with van der Waals surface area (Å²) in [6.07, 6.45) is 2.70. The molecule has 0 radical (unpaired) electrons. The largest absolute Gasteiger partial charge is 0.488 e. The maximum absolute atomic E-state index is 14.9. The number of rotatable bonds is 11. The van der Waals surface area contributed by atoms with Crippen LogP contribution >= 0.6 is 0 Å². The molecule has 1 N–H and O–H groups in total. The van der Waals surface area contributed by atoms with Crippen molar-refractivity contribution in [3.63, 3.8) is 0 Å².